The molecule has 1 aromatic rings. The third kappa shape index (κ3) is 2.11. The van der Waals surface area contributed by atoms with Crippen LogP contribution < -0.4 is 5.73 Å². The standard InChI is InChI=1S/C13H19FN2/c1-16-8-4-5-10(9-15)13(16)11-6-2-3-7-12(11)14/h2-3,6-7,10,13H,4-5,8-9,15H2,1H3. The van der Waals surface area contributed by atoms with E-state index in [1.807, 2.05) is 12.1 Å². The minimum absolute atomic E-state index is 0.111. The maximum atomic E-state index is 13.8. The van der Waals surface area contributed by atoms with E-state index in [2.05, 4.69) is 11.9 Å². The molecule has 88 valence electrons. The Kier molecular flexibility index (Phi) is 3.56. The lowest BCUT2D eigenvalue weighted by atomic mass is 9.85. The van der Waals surface area contributed by atoms with E-state index in [0.717, 1.165) is 24.9 Å². The van der Waals surface area contributed by atoms with Crippen LogP contribution in [0.15, 0.2) is 24.3 Å². The van der Waals surface area contributed by atoms with Gasteiger partial charge in [0.15, 0.2) is 0 Å². The Morgan fingerprint density at radius 2 is 2.19 bits per heavy atom. The van der Waals surface area contributed by atoms with Gasteiger partial charge in [-0.15, -0.1) is 0 Å². The fraction of sp³-hybridized carbons (Fsp3) is 0.538. The summed E-state index contributed by atoms with van der Waals surface area (Å²) in [6, 6.07) is 7.18. The summed E-state index contributed by atoms with van der Waals surface area (Å²) >= 11 is 0. The lowest BCUT2D eigenvalue weighted by Gasteiger charge is -2.39. The number of halogens is 1. The molecule has 2 atom stereocenters. The highest BCUT2D eigenvalue weighted by Crippen LogP contribution is 2.35. The van der Waals surface area contributed by atoms with Gasteiger partial charge < -0.3 is 5.73 Å². The molecule has 0 aromatic heterocycles. The average molecular weight is 222 g/mol. The monoisotopic (exact) mass is 222 g/mol. The first-order valence-electron chi connectivity index (χ1n) is 5.88. The largest absolute Gasteiger partial charge is 0.330 e. The van der Waals surface area contributed by atoms with Crippen LogP contribution >= 0.6 is 0 Å². The molecule has 0 spiro atoms. The maximum absolute atomic E-state index is 13.8. The predicted molar refractivity (Wildman–Crippen MR) is 63.5 cm³/mol. The molecule has 2 rings (SSSR count). The topological polar surface area (TPSA) is 29.3 Å². The normalized spacial score (nSPS) is 26.9. The van der Waals surface area contributed by atoms with Crippen molar-refractivity contribution in [1.82, 2.24) is 4.90 Å². The Morgan fingerprint density at radius 1 is 1.44 bits per heavy atom. The fourth-order valence-corrected chi connectivity index (χ4v) is 2.71. The van der Waals surface area contributed by atoms with Gasteiger partial charge >= 0.3 is 0 Å². The molecule has 1 saturated heterocycles. The molecule has 1 aromatic carbocycles. The van der Waals surface area contributed by atoms with Crippen molar-refractivity contribution in [2.75, 3.05) is 20.1 Å². The van der Waals surface area contributed by atoms with Crippen molar-refractivity contribution >= 4 is 0 Å². The van der Waals surface area contributed by atoms with E-state index < -0.39 is 0 Å². The summed E-state index contributed by atoms with van der Waals surface area (Å²) in [4.78, 5) is 2.22. The van der Waals surface area contributed by atoms with E-state index in [1.165, 1.54) is 6.07 Å². The molecule has 0 bridgehead atoms. The molecule has 0 radical (unpaired) electrons. The molecule has 0 saturated carbocycles. The Morgan fingerprint density at radius 3 is 2.88 bits per heavy atom. The molecule has 1 fully saturated rings. The van der Waals surface area contributed by atoms with Crippen molar-refractivity contribution in [3.8, 4) is 0 Å². The molecule has 1 aliphatic rings. The average Bonchev–Trinajstić information content (AvgIpc) is 2.30. The van der Waals surface area contributed by atoms with Gasteiger partial charge in [0.25, 0.3) is 0 Å². The van der Waals surface area contributed by atoms with Crippen LogP contribution in [0.1, 0.15) is 24.4 Å². The van der Waals surface area contributed by atoms with Gasteiger partial charge in [-0.05, 0) is 45.0 Å². The zero-order chi connectivity index (χ0) is 11.5. The second kappa shape index (κ2) is 4.93. The van der Waals surface area contributed by atoms with Crippen molar-refractivity contribution in [1.29, 1.82) is 0 Å². The fourth-order valence-electron chi connectivity index (χ4n) is 2.71. The minimum atomic E-state index is -0.111. The minimum Gasteiger partial charge on any atom is -0.330 e. The molecule has 2 unspecified atom stereocenters. The van der Waals surface area contributed by atoms with Crippen molar-refractivity contribution in [3.05, 3.63) is 35.6 Å². The third-order valence-corrected chi connectivity index (χ3v) is 3.53. The van der Waals surface area contributed by atoms with Crippen molar-refractivity contribution in [2.24, 2.45) is 11.7 Å². The number of benzene rings is 1. The smallest absolute Gasteiger partial charge is 0.127 e. The summed E-state index contributed by atoms with van der Waals surface area (Å²) in [5.74, 6) is 0.260. The lowest BCUT2D eigenvalue weighted by Crippen LogP contribution is -2.39. The van der Waals surface area contributed by atoms with Crippen LogP contribution in [0, 0.1) is 11.7 Å². The molecular weight excluding hydrogens is 203 g/mol. The zero-order valence-corrected chi connectivity index (χ0v) is 9.70. The molecule has 1 heterocycles. The van der Waals surface area contributed by atoms with Gasteiger partial charge in [-0.3, -0.25) is 4.90 Å². The van der Waals surface area contributed by atoms with Gasteiger partial charge in [-0.25, -0.2) is 4.39 Å². The lowest BCUT2D eigenvalue weighted by molar-refractivity contribution is 0.122. The number of nitrogens with two attached hydrogens (primary N) is 1. The van der Waals surface area contributed by atoms with Crippen LogP contribution in [-0.4, -0.2) is 25.0 Å². The molecular formula is C13H19FN2. The first-order chi connectivity index (χ1) is 7.74. The summed E-state index contributed by atoms with van der Waals surface area (Å²) < 4.78 is 13.8. The summed E-state index contributed by atoms with van der Waals surface area (Å²) in [7, 11) is 2.05. The summed E-state index contributed by atoms with van der Waals surface area (Å²) in [6.45, 7) is 1.65. The van der Waals surface area contributed by atoms with Crippen LogP contribution in [0.4, 0.5) is 4.39 Å². The van der Waals surface area contributed by atoms with Crippen LogP contribution in [0.5, 0.6) is 0 Å². The van der Waals surface area contributed by atoms with E-state index in [1.54, 1.807) is 6.07 Å². The van der Waals surface area contributed by atoms with Crippen molar-refractivity contribution in [2.45, 2.75) is 18.9 Å². The third-order valence-electron chi connectivity index (χ3n) is 3.53. The van der Waals surface area contributed by atoms with E-state index >= 15 is 0 Å². The van der Waals surface area contributed by atoms with E-state index in [0.29, 0.717) is 12.5 Å². The summed E-state index contributed by atoms with van der Waals surface area (Å²) in [6.07, 6.45) is 2.25. The highest BCUT2D eigenvalue weighted by Gasteiger charge is 2.30. The van der Waals surface area contributed by atoms with Crippen molar-refractivity contribution in [3.63, 3.8) is 0 Å². The first-order valence-corrected chi connectivity index (χ1v) is 5.88. The van der Waals surface area contributed by atoms with Gasteiger partial charge in [0.1, 0.15) is 5.82 Å². The SMILES string of the molecule is CN1CCCC(CN)C1c1ccccc1F. The number of likely N-dealkylation sites (tertiary alicyclic amines) is 1. The van der Waals surface area contributed by atoms with Crippen LogP contribution in [0.3, 0.4) is 0 Å². The maximum Gasteiger partial charge on any atom is 0.127 e. The van der Waals surface area contributed by atoms with E-state index in [-0.39, 0.29) is 11.9 Å². The molecule has 0 aliphatic carbocycles. The summed E-state index contributed by atoms with van der Waals surface area (Å²) in [5, 5.41) is 0. The highest BCUT2D eigenvalue weighted by molar-refractivity contribution is 5.22. The Balaban J connectivity index is 2.32. The second-order valence-electron chi connectivity index (χ2n) is 4.58. The van der Waals surface area contributed by atoms with Crippen LogP contribution in [0.25, 0.3) is 0 Å². The number of hydrogen-bond donors (Lipinski definition) is 1. The molecule has 2 nitrogen and oxygen atoms in total. The molecule has 2 N–H and O–H groups in total. The Bertz CT molecular complexity index is 354. The number of piperidine rings is 1. The predicted octanol–water partition coefficient (Wildman–Crippen LogP) is 2.17. The van der Waals surface area contributed by atoms with Gasteiger partial charge in [0.2, 0.25) is 0 Å². The van der Waals surface area contributed by atoms with Crippen LogP contribution in [-0.2, 0) is 0 Å². The van der Waals surface area contributed by atoms with E-state index in [9.17, 15) is 4.39 Å². The Hall–Kier alpha value is -0.930. The highest BCUT2D eigenvalue weighted by atomic mass is 19.1. The van der Waals surface area contributed by atoms with Gasteiger partial charge in [0, 0.05) is 11.6 Å². The number of nitrogens with zero attached hydrogens (tertiary/aromatic N) is 1. The quantitative estimate of drug-likeness (QED) is 0.831. The molecule has 0 amide bonds. The zero-order valence-electron chi connectivity index (χ0n) is 9.70. The van der Waals surface area contributed by atoms with E-state index in [4.69, 9.17) is 5.73 Å². The first kappa shape index (κ1) is 11.6. The van der Waals surface area contributed by atoms with Gasteiger partial charge in [-0.1, -0.05) is 18.2 Å². The Labute approximate surface area is 96.2 Å². The number of rotatable bonds is 2. The number of hydrogen-bond acceptors (Lipinski definition) is 2. The van der Waals surface area contributed by atoms with Crippen molar-refractivity contribution < 1.29 is 4.39 Å². The van der Waals surface area contributed by atoms with Gasteiger partial charge in [0.05, 0.1) is 0 Å². The van der Waals surface area contributed by atoms with Crippen LogP contribution in [0.2, 0.25) is 0 Å². The molecule has 1 aliphatic heterocycles. The van der Waals surface area contributed by atoms with Gasteiger partial charge in [-0.2, -0.15) is 0 Å². The molecule has 3 heteroatoms. The second-order valence-corrected chi connectivity index (χ2v) is 4.58. The molecule has 16 heavy (non-hydrogen) atoms. The summed E-state index contributed by atoms with van der Waals surface area (Å²) in [5.41, 5.74) is 6.59.